The molecule has 7 heteroatoms. The first-order chi connectivity index (χ1) is 12.5. The van der Waals surface area contributed by atoms with E-state index in [2.05, 4.69) is 15.8 Å². The molecule has 0 unspecified atom stereocenters. The molecule has 0 spiro atoms. The number of carboxylic acid groups (broad SMARTS) is 1. The van der Waals surface area contributed by atoms with E-state index in [1.807, 2.05) is 0 Å². The number of ether oxygens (including phenoxy) is 1. The van der Waals surface area contributed by atoms with E-state index < -0.39 is 5.97 Å². The van der Waals surface area contributed by atoms with Crippen molar-refractivity contribution in [3.8, 4) is 17.0 Å². The van der Waals surface area contributed by atoms with E-state index in [0.29, 0.717) is 33.6 Å². The normalized spacial score (nSPS) is 10.4. The number of hydrazine groups is 1. The summed E-state index contributed by atoms with van der Waals surface area (Å²) in [5.74, 6) is -0.664. The van der Waals surface area contributed by atoms with Crippen LogP contribution in [0.5, 0.6) is 5.75 Å². The van der Waals surface area contributed by atoms with Crippen LogP contribution < -0.4 is 15.6 Å². The zero-order valence-electron chi connectivity index (χ0n) is 14.2. The topological polar surface area (TPSA) is 101 Å². The summed E-state index contributed by atoms with van der Waals surface area (Å²) in [5, 5.41) is 10.3. The Balaban J connectivity index is 2.13. The number of methoxy groups -OCH3 is 1. The smallest absolute Gasteiger partial charge is 0.337 e. The predicted octanol–water partition coefficient (Wildman–Crippen LogP) is 3.07. The van der Waals surface area contributed by atoms with Crippen LogP contribution in [0.1, 0.15) is 17.3 Å². The van der Waals surface area contributed by atoms with E-state index in [0.717, 1.165) is 0 Å². The van der Waals surface area contributed by atoms with Gasteiger partial charge >= 0.3 is 5.97 Å². The quantitative estimate of drug-likeness (QED) is 0.611. The summed E-state index contributed by atoms with van der Waals surface area (Å²) < 4.78 is 5.21. The number of anilines is 1. The third-order valence-electron chi connectivity index (χ3n) is 3.77. The highest BCUT2D eigenvalue weighted by Crippen LogP contribution is 2.29. The second-order valence-electron chi connectivity index (χ2n) is 5.64. The maximum atomic E-state index is 11.7. The lowest BCUT2D eigenvalue weighted by atomic mass is 10.0. The standard InChI is InChI=1S/C19H17N3O4/c1-11(23)21-22-14-5-3-4-13(8-14)18-16(19(24)25)9-12-6-7-15(26-2)10-17(12)20-18/h3-10,22H,1-2H3,(H,21,23)(H,24,25). The zero-order valence-corrected chi connectivity index (χ0v) is 14.2. The Hall–Kier alpha value is -3.61. The molecular formula is C19H17N3O4. The summed E-state index contributed by atoms with van der Waals surface area (Å²) in [5.41, 5.74) is 7.53. The minimum absolute atomic E-state index is 0.0966. The molecule has 3 N–H and O–H groups in total. The monoisotopic (exact) mass is 351 g/mol. The van der Waals surface area contributed by atoms with Crippen LogP contribution in [0.2, 0.25) is 0 Å². The number of fused-ring (bicyclic) bond motifs is 1. The largest absolute Gasteiger partial charge is 0.497 e. The molecular weight excluding hydrogens is 334 g/mol. The molecule has 1 amide bonds. The van der Waals surface area contributed by atoms with Gasteiger partial charge in [-0.25, -0.2) is 9.78 Å². The fourth-order valence-corrected chi connectivity index (χ4v) is 2.56. The molecule has 0 aliphatic rings. The fraction of sp³-hybridized carbons (Fsp3) is 0.105. The number of benzene rings is 2. The molecule has 1 aromatic heterocycles. The second-order valence-corrected chi connectivity index (χ2v) is 5.64. The molecule has 26 heavy (non-hydrogen) atoms. The lowest BCUT2D eigenvalue weighted by Crippen LogP contribution is -2.26. The first-order valence-corrected chi connectivity index (χ1v) is 7.83. The number of carboxylic acids is 1. The highest BCUT2D eigenvalue weighted by atomic mass is 16.5. The molecule has 0 bridgehead atoms. The van der Waals surface area contributed by atoms with Crippen LogP contribution in [0, 0.1) is 0 Å². The molecule has 0 fully saturated rings. The van der Waals surface area contributed by atoms with Crippen LogP contribution in [-0.2, 0) is 4.79 Å². The molecule has 0 aliphatic carbocycles. The van der Waals surface area contributed by atoms with Gasteiger partial charge < -0.3 is 9.84 Å². The number of carbonyl (C=O) groups is 2. The second kappa shape index (κ2) is 7.10. The van der Waals surface area contributed by atoms with Crippen molar-refractivity contribution in [2.75, 3.05) is 12.5 Å². The van der Waals surface area contributed by atoms with Gasteiger partial charge in [0.05, 0.1) is 29.6 Å². The van der Waals surface area contributed by atoms with Gasteiger partial charge in [-0.1, -0.05) is 12.1 Å². The first-order valence-electron chi connectivity index (χ1n) is 7.83. The maximum absolute atomic E-state index is 11.7. The van der Waals surface area contributed by atoms with Gasteiger partial charge in [0, 0.05) is 23.9 Å². The number of amides is 1. The van der Waals surface area contributed by atoms with Crippen molar-refractivity contribution < 1.29 is 19.4 Å². The molecule has 7 nitrogen and oxygen atoms in total. The van der Waals surface area contributed by atoms with Crippen LogP contribution >= 0.6 is 0 Å². The Bertz CT molecular complexity index is 1000. The molecule has 0 saturated heterocycles. The van der Waals surface area contributed by atoms with Gasteiger partial charge in [0.1, 0.15) is 5.75 Å². The van der Waals surface area contributed by atoms with Crippen LogP contribution in [0.25, 0.3) is 22.2 Å². The summed E-state index contributed by atoms with van der Waals surface area (Å²) in [6.07, 6.45) is 0. The SMILES string of the molecule is COc1ccc2cc(C(=O)O)c(-c3cccc(NNC(C)=O)c3)nc2c1. The molecule has 2 aromatic carbocycles. The van der Waals surface area contributed by atoms with Crippen molar-refractivity contribution in [3.63, 3.8) is 0 Å². The Labute approximate surface area is 149 Å². The summed E-state index contributed by atoms with van der Waals surface area (Å²) in [4.78, 5) is 27.3. The summed E-state index contributed by atoms with van der Waals surface area (Å²) in [7, 11) is 1.56. The number of nitrogens with zero attached hydrogens (tertiary/aromatic N) is 1. The number of aromatic carboxylic acids is 1. The van der Waals surface area contributed by atoms with Crippen molar-refractivity contribution in [3.05, 3.63) is 54.1 Å². The number of pyridine rings is 1. The molecule has 0 saturated carbocycles. The summed E-state index contributed by atoms with van der Waals surface area (Å²) in [6, 6.07) is 13.9. The molecule has 0 radical (unpaired) electrons. The van der Waals surface area contributed by atoms with Crippen LogP contribution in [0.4, 0.5) is 5.69 Å². The van der Waals surface area contributed by atoms with Gasteiger partial charge in [0.25, 0.3) is 0 Å². The van der Waals surface area contributed by atoms with Gasteiger partial charge in [-0.2, -0.15) is 0 Å². The third-order valence-corrected chi connectivity index (χ3v) is 3.77. The van der Waals surface area contributed by atoms with Gasteiger partial charge in [-0.15, -0.1) is 0 Å². The number of carbonyl (C=O) groups excluding carboxylic acids is 1. The van der Waals surface area contributed by atoms with Crippen molar-refractivity contribution in [2.24, 2.45) is 0 Å². The van der Waals surface area contributed by atoms with Gasteiger partial charge in [-0.3, -0.25) is 15.6 Å². The minimum Gasteiger partial charge on any atom is -0.497 e. The maximum Gasteiger partial charge on any atom is 0.337 e. The molecule has 132 valence electrons. The average molecular weight is 351 g/mol. The van der Waals surface area contributed by atoms with E-state index in [1.54, 1.807) is 55.6 Å². The fourth-order valence-electron chi connectivity index (χ4n) is 2.56. The van der Waals surface area contributed by atoms with Crippen molar-refractivity contribution in [1.82, 2.24) is 10.4 Å². The molecule has 0 aliphatic heterocycles. The Kier molecular flexibility index (Phi) is 4.70. The van der Waals surface area contributed by atoms with E-state index in [4.69, 9.17) is 4.74 Å². The van der Waals surface area contributed by atoms with Crippen LogP contribution in [-0.4, -0.2) is 29.1 Å². The number of aromatic nitrogens is 1. The van der Waals surface area contributed by atoms with E-state index in [1.165, 1.54) is 6.92 Å². The third kappa shape index (κ3) is 3.56. The number of hydrogen-bond acceptors (Lipinski definition) is 5. The van der Waals surface area contributed by atoms with E-state index >= 15 is 0 Å². The van der Waals surface area contributed by atoms with Crippen molar-refractivity contribution >= 4 is 28.5 Å². The lowest BCUT2D eigenvalue weighted by molar-refractivity contribution is -0.118. The van der Waals surface area contributed by atoms with Gasteiger partial charge in [0.15, 0.2) is 0 Å². The van der Waals surface area contributed by atoms with Crippen molar-refractivity contribution in [1.29, 1.82) is 0 Å². The highest BCUT2D eigenvalue weighted by molar-refractivity contribution is 5.99. The molecule has 1 heterocycles. The Morgan fingerprint density at radius 2 is 1.92 bits per heavy atom. The lowest BCUT2D eigenvalue weighted by Gasteiger charge is -2.11. The van der Waals surface area contributed by atoms with Crippen LogP contribution in [0.3, 0.4) is 0 Å². The number of hydrogen-bond donors (Lipinski definition) is 3. The number of nitrogens with one attached hydrogen (secondary N) is 2. The molecule has 0 atom stereocenters. The Morgan fingerprint density at radius 3 is 2.62 bits per heavy atom. The predicted molar refractivity (Wildman–Crippen MR) is 98.1 cm³/mol. The molecule has 3 aromatic rings. The highest BCUT2D eigenvalue weighted by Gasteiger charge is 2.16. The van der Waals surface area contributed by atoms with Gasteiger partial charge in [-0.05, 0) is 30.3 Å². The summed E-state index contributed by atoms with van der Waals surface area (Å²) >= 11 is 0. The minimum atomic E-state index is -1.06. The zero-order chi connectivity index (χ0) is 18.7. The number of rotatable bonds is 5. The van der Waals surface area contributed by atoms with Crippen LogP contribution in [0.15, 0.2) is 48.5 Å². The summed E-state index contributed by atoms with van der Waals surface area (Å²) in [6.45, 7) is 1.39. The first kappa shape index (κ1) is 17.2. The average Bonchev–Trinajstić information content (AvgIpc) is 2.65. The Morgan fingerprint density at radius 1 is 1.12 bits per heavy atom. The van der Waals surface area contributed by atoms with Crippen molar-refractivity contribution in [2.45, 2.75) is 6.92 Å². The van der Waals surface area contributed by atoms with Gasteiger partial charge in [0.2, 0.25) is 5.91 Å². The molecule has 3 rings (SSSR count). The van der Waals surface area contributed by atoms with E-state index in [-0.39, 0.29) is 11.5 Å². The van der Waals surface area contributed by atoms with E-state index in [9.17, 15) is 14.7 Å².